The van der Waals surface area contributed by atoms with Crippen molar-refractivity contribution in [2.45, 2.75) is 11.3 Å². The molecular formula is C32H32N4O6S. The van der Waals surface area contributed by atoms with E-state index >= 15 is 0 Å². The Bertz CT molecular complexity index is 1630. The molecule has 4 aromatic carbocycles. The lowest BCUT2D eigenvalue weighted by Gasteiger charge is -2.25. The molecule has 0 aromatic heterocycles. The van der Waals surface area contributed by atoms with E-state index in [2.05, 4.69) is 15.8 Å². The average molecular weight is 601 g/mol. The van der Waals surface area contributed by atoms with Crippen molar-refractivity contribution < 1.29 is 27.5 Å². The Hall–Kier alpha value is -5.16. The molecule has 0 unspecified atom stereocenters. The van der Waals surface area contributed by atoms with Crippen molar-refractivity contribution in [1.82, 2.24) is 10.7 Å². The number of carbonyl (C=O) groups excluding carboxylic acids is 2. The maximum atomic E-state index is 13.5. The number of nitrogens with zero attached hydrogens (tertiary/aromatic N) is 2. The third kappa shape index (κ3) is 8.91. The van der Waals surface area contributed by atoms with Crippen LogP contribution in [0.4, 0.5) is 5.69 Å². The highest BCUT2D eigenvalue weighted by molar-refractivity contribution is 7.92. The largest absolute Gasteiger partial charge is 0.495 e. The summed E-state index contributed by atoms with van der Waals surface area (Å²) in [5, 5.41) is 6.79. The molecule has 4 rings (SSSR count). The zero-order chi connectivity index (χ0) is 30.5. The number of amides is 2. The van der Waals surface area contributed by atoms with Gasteiger partial charge in [-0.1, -0.05) is 60.7 Å². The molecule has 0 heterocycles. The van der Waals surface area contributed by atoms with Crippen molar-refractivity contribution in [3.63, 3.8) is 0 Å². The molecule has 0 spiro atoms. The van der Waals surface area contributed by atoms with E-state index in [0.29, 0.717) is 23.6 Å². The SMILES string of the molecule is COc1ccccc1N(CC(=O)N/N=C\c1ccc(OCC(=O)NCCc2ccccc2)cc1)S(=O)(=O)c1ccccc1. The van der Waals surface area contributed by atoms with Crippen molar-refractivity contribution in [3.05, 3.63) is 120 Å². The van der Waals surface area contributed by atoms with Crippen LogP contribution in [0.15, 0.2) is 119 Å². The second-order valence-electron chi connectivity index (χ2n) is 9.23. The fourth-order valence-corrected chi connectivity index (χ4v) is 5.49. The summed E-state index contributed by atoms with van der Waals surface area (Å²) in [7, 11) is -2.67. The number of carbonyl (C=O) groups is 2. The normalized spacial score (nSPS) is 11.1. The van der Waals surface area contributed by atoms with Gasteiger partial charge in [-0.05, 0) is 66.1 Å². The van der Waals surface area contributed by atoms with Crippen LogP contribution in [0.1, 0.15) is 11.1 Å². The number of benzene rings is 4. The fraction of sp³-hybridized carbons (Fsp3) is 0.156. The standard InChI is InChI=1S/C32H32N4O6S/c1-41-30-15-9-8-14-29(30)36(43(39,40)28-12-6-3-7-13-28)23-31(37)35-34-22-26-16-18-27(19-17-26)42-24-32(38)33-21-20-25-10-4-2-5-11-25/h2-19,22H,20-21,23-24H2,1H3,(H,33,38)(H,35,37)/b34-22-. The Kier molecular flexibility index (Phi) is 10.9. The van der Waals surface area contributed by atoms with Crippen LogP contribution in [0.25, 0.3) is 0 Å². The lowest BCUT2D eigenvalue weighted by atomic mass is 10.1. The molecular weight excluding hydrogens is 568 g/mol. The molecule has 0 bridgehead atoms. The number of sulfonamides is 1. The van der Waals surface area contributed by atoms with Crippen LogP contribution in [0.3, 0.4) is 0 Å². The summed E-state index contributed by atoms with van der Waals surface area (Å²) in [5.74, 6) is -0.0798. The molecule has 222 valence electrons. The number of ether oxygens (including phenoxy) is 2. The van der Waals surface area contributed by atoms with E-state index in [4.69, 9.17) is 9.47 Å². The number of hydrogen-bond acceptors (Lipinski definition) is 7. The van der Waals surface area contributed by atoms with Crippen LogP contribution in [0.2, 0.25) is 0 Å². The van der Waals surface area contributed by atoms with Gasteiger partial charge in [0.1, 0.15) is 18.0 Å². The monoisotopic (exact) mass is 600 g/mol. The molecule has 11 heteroatoms. The highest BCUT2D eigenvalue weighted by Crippen LogP contribution is 2.32. The van der Waals surface area contributed by atoms with Crippen LogP contribution in [-0.4, -0.2) is 53.3 Å². The topological polar surface area (TPSA) is 126 Å². The van der Waals surface area contributed by atoms with Gasteiger partial charge in [-0.15, -0.1) is 0 Å². The second-order valence-corrected chi connectivity index (χ2v) is 11.1. The Morgan fingerprint density at radius 1 is 0.837 bits per heavy atom. The van der Waals surface area contributed by atoms with Crippen LogP contribution >= 0.6 is 0 Å². The average Bonchev–Trinajstić information content (AvgIpc) is 3.04. The molecule has 0 radical (unpaired) electrons. The van der Waals surface area contributed by atoms with Gasteiger partial charge in [0.2, 0.25) is 0 Å². The van der Waals surface area contributed by atoms with Crippen LogP contribution < -0.4 is 24.5 Å². The van der Waals surface area contributed by atoms with Gasteiger partial charge in [0.05, 0.1) is 23.9 Å². The summed E-state index contributed by atoms with van der Waals surface area (Å²) in [6, 6.07) is 31.0. The zero-order valence-corrected chi connectivity index (χ0v) is 24.4. The van der Waals surface area contributed by atoms with E-state index in [0.717, 1.165) is 16.3 Å². The molecule has 0 saturated carbocycles. The summed E-state index contributed by atoms with van der Waals surface area (Å²) < 4.78 is 38.8. The summed E-state index contributed by atoms with van der Waals surface area (Å²) in [4.78, 5) is 24.9. The Balaban J connectivity index is 1.31. The second kappa shape index (κ2) is 15.2. The quantitative estimate of drug-likeness (QED) is 0.168. The van der Waals surface area contributed by atoms with Crippen molar-refractivity contribution in [3.8, 4) is 11.5 Å². The number of para-hydroxylation sites is 2. The molecule has 0 fully saturated rings. The van der Waals surface area contributed by atoms with Crippen molar-refractivity contribution in [2.75, 3.05) is 31.1 Å². The summed E-state index contributed by atoms with van der Waals surface area (Å²) in [6.45, 7) is -0.135. The molecule has 4 aromatic rings. The Morgan fingerprint density at radius 2 is 1.49 bits per heavy atom. The van der Waals surface area contributed by atoms with E-state index in [-0.39, 0.29) is 23.1 Å². The van der Waals surface area contributed by atoms with E-state index in [1.54, 1.807) is 66.7 Å². The third-order valence-electron chi connectivity index (χ3n) is 6.20. The third-order valence-corrected chi connectivity index (χ3v) is 7.98. The smallest absolute Gasteiger partial charge is 0.264 e. The predicted molar refractivity (Wildman–Crippen MR) is 165 cm³/mol. The number of methoxy groups -OCH3 is 1. The van der Waals surface area contributed by atoms with Crippen LogP contribution in [-0.2, 0) is 26.0 Å². The van der Waals surface area contributed by atoms with Crippen LogP contribution in [0.5, 0.6) is 11.5 Å². The van der Waals surface area contributed by atoms with Crippen molar-refractivity contribution in [1.29, 1.82) is 0 Å². The predicted octanol–water partition coefficient (Wildman–Crippen LogP) is 3.78. The Morgan fingerprint density at radius 3 is 2.19 bits per heavy atom. The minimum atomic E-state index is -4.10. The molecule has 0 aliphatic rings. The van der Waals surface area contributed by atoms with Gasteiger partial charge in [0, 0.05) is 6.54 Å². The molecule has 10 nitrogen and oxygen atoms in total. The van der Waals surface area contributed by atoms with E-state index < -0.39 is 22.5 Å². The Labute approximate surface area is 251 Å². The molecule has 2 amide bonds. The molecule has 0 aliphatic carbocycles. The number of hydrogen-bond donors (Lipinski definition) is 2. The molecule has 0 atom stereocenters. The lowest BCUT2D eigenvalue weighted by Crippen LogP contribution is -2.39. The van der Waals surface area contributed by atoms with Crippen LogP contribution in [0, 0.1) is 0 Å². The van der Waals surface area contributed by atoms with Crippen molar-refractivity contribution >= 4 is 33.7 Å². The number of hydrazone groups is 1. The minimum absolute atomic E-state index is 0.0316. The highest BCUT2D eigenvalue weighted by atomic mass is 32.2. The summed E-state index contributed by atoms with van der Waals surface area (Å²) in [6.07, 6.45) is 2.15. The van der Waals surface area contributed by atoms with E-state index in [1.807, 2.05) is 30.3 Å². The van der Waals surface area contributed by atoms with Gasteiger partial charge in [-0.25, -0.2) is 13.8 Å². The zero-order valence-electron chi connectivity index (χ0n) is 23.6. The molecule has 0 aliphatic heterocycles. The van der Waals surface area contributed by atoms with Gasteiger partial charge in [0.25, 0.3) is 21.8 Å². The molecule has 43 heavy (non-hydrogen) atoms. The summed E-state index contributed by atoms with van der Waals surface area (Å²) in [5.41, 5.74) is 4.39. The van der Waals surface area contributed by atoms with Gasteiger partial charge in [-0.2, -0.15) is 5.10 Å². The first-order valence-electron chi connectivity index (χ1n) is 13.4. The number of nitrogens with one attached hydrogen (secondary N) is 2. The summed E-state index contributed by atoms with van der Waals surface area (Å²) >= 11 is 0. The highest BCUT2D eigenvalue weighted by Gasteiger charge is 2.29. The first-order chi connectivity index (χ1) is 20.9. The maximum absolute atomic E-state index is 13.5. The van der Waals surface area contributed by atoms with Gasteiger partial charge in [0.15, 0.2) is 6.61 Å². The van der Waals surface area contributed by atoms with Gasteiger partial charge >= 0.3 is 0 Å². The molecule has 2 N–H and O–H groups in total. The molecule has 0 saturated heterocycles. The van der Waals surface area contributed by atoms with Crippen molar-refractivity contribution in [2.24, 2.45) is 5.10 Å². The number of anilines is 1. The van der Waals surface area contributed by atoms with E-state index in [1.165, 1.54) is 25.5 Å². The lowest BCUT2D eigenvalue weighted by molar-refractivity contribution is -0.123. The number of rotatable bonds is 14. The van der Waals surface area contributed by atoms with E-state index in [9.17, 15) is 18.0 Å². The fourth-order valence-electron chi connectivity index (χ4n) is 4.04. The van der Waals surface area contributed by atoms with Gasteiger partial charge < -0.3 is 14.8 Å². The minimum Gasteiger partial charge on any atom is -0.495 e. The maximum Gasteiger partial charge on any atom is 0.264 e. The first-order valence-corrected chi connectivity index (χ1v) is 14.9. The first kappa shape index (κ1) is 30.8. The van der Waals surface area contributed by atoms with Gasteiger partial charge in [-0.3, -0.25) is 13.9 Å².